The molecule has 1 heteroatoms. The van der Waals surface area contributed by atoms with Gasteiger partial charge in [-0.2, -0.15) is 0 Å². The van der Waals surface area contributed by atoms with E-state index in [0.29, 0.717) is 5.41 Å². The minimum absolute atomic E-state index is 0.201. The van der Waals surface area contributed by atoms with E-state index in [-0.39, 0.29) is 4.87 Å². The lowest BCUT2D eigenvalue weighted by molar-refractivity contribution is 0.323. The molecule has 1 aromatic rings. The zero-order chi connectivity index (χ0) is 9.39. The van der Waals surface area contributed by atoms with Gasteiger partial charge < -0.3 is 0 Å². The van der Waals surface area contributed by atoms with Crippen LogP contribution in [0, 0.1) is 11.8 Å². The number of fused-ring (bicyclic) bond motifs is 2. The van der Waals surface area contributed by atoms with Crippen LogP contribution in [0.3, 0.4) is 0 Å². The molecule has 72 valence electrons. The Morgan fingerprint density at radius 3 is 2.29 bits per heavy atom. The molecule has 3 aliphatic rings. The van der Waals surface area contributed by atoms with Crippen LogP contribution < -0.4 is 0 Å². The summed E-state index contributed by atoms with van der Waals surface area (Å²) in [5, 5.41) is 0. The van der Waals surface area contributed by atoms with Gasteiger partial charge in [-0.15, -0.1) is 11.6 Å². The Labute approximate surface area is 89.3 Å². The highest BCUT2D eigenvalue weighted by Gasteiger charge is 2.97. The summed E-state index contributed by atoms with van der Waals surface area (Å²) < 4.78 is 0. The van der Waals surface area contributed by atoms with Gasteiger partial charge in [0.2, 0.25) is 0 Å². The van der Waals surface area contributed by atoms with Crippen molar-refractivity contribution in [1.82, 2.24) is 0 Å². The maximum Gasteiger partial charge on any atom is 0.0624 e. The Hall–Kier alpha value is -0.490. The molecular weight excluding hydrogens is 192 g/mol. The third-order valence-corrected chi connectivity index (χ3v) is 5.66. The van der Waals surface area contributed by atoms with E-state index >= 15 is 0 Å². The van der Waals surface area contributed by atoms with Crippen LogP contribution in [-0.2, 0) is 5.41 Å². The summed E-state index contributed by atoms with van der Waals surface area (Å²) in [6.45, 7) is 0. The van der Waals surface area contributed by atoms with Crippen molar-refractivity contribution in [2.75, 3.05) is 0 Å². The number of benzene rings is 1. The average Bonchev–Trinajstić information content (AvgIpc) is 3.05. The molecule has 2 unspecified atom stereocenters. The Morgan fingerprint density at radius 2 is 1.71 bits per heavy atom. The van der Waals surface area contributed by atoms with Gasteiger partial charge in [0.05, 0.1) is 4.87 Å². The van der Waals surface area contributed by atoms with Crippen molar-refractivity contribution >= 4 is 11.6 Å². The topological polar surface area (TPSA) is 0 Å². The number of alkyl halides is 1. The van der Waals surface area contributed by atoms with Crippen molar-refractivity contribution in [3.8, 4) is 0 Å². The first-order valence-electron chi connectivity index (χ1n) is 5.57. The molecule has 0 aliphatic heterocycles. The van der Waals surface area contributed by atoms with Gasteiger partial charge in [-0.05, 0) is 30.2 Å². The monoisotopic (exact) mass is 204 g/mol. The molecule has 0 heterocycles. The molecule has 1 aromatic carbocycles. The predicted molar refractivity (Wildman–Crippen MR) is 57.5 cm³/mol. The molecule has 14 heavy (non-hydrogen) atoms. The summed E-state index contributed by atoms with van der Waals surface area (Å²) >= 11 is 6.67. The first-order chi connectivity index (χ1) is 6.83. The molecule has 0 amide bonds. The normalized spacial score (nSPS) is 52.4. The van der Waals surface area contributed by atoms with Crippen molar-refractivity contribution in [3.63, 3.8) is 0 Å². The maximum atomic E-state index is 6.67. The molecule has 0 nitrogen and oxygen atoms in total. The average molecular weight is 205 g/mol. The first-order valence-corrected chi connectivity index (χ1v) is 5.95. The molecule has 0 N–H and O–H groups in total. The lowest BCUT2D eigenvalue weighted by atomic mass is 9.79. The van der Waals surface area contributed by atoms with Crippen molar-refractivity contribution in [3.05, 3.63) is 35.9 Å². The van der Waals surface area contributed by atoms with Crippen LogP contribution >= 0.6 is 11.6 Å². The number of rotatable bonds is 1. The number of hydrogen-bond donors (Lipinski definition) is 0. The van der Waals surface area contributed by atoms with Crippen LogP contribution in [0.15, 0.2) is 30.3 Å². The Balaban J connectivity index is 1.82. The summed E-state index contributed by atoms with van der Waals surface area (Å²) in [6, 6.07) is 10.9. The van der Waals surface area contributed by atoms with Gasteiger partial charge in [0.1, 0.15) is 0 Å². The fourth-order valence-corrected chi connectivity index (χ4v) is 5.08. The molecule has 0 spiro atoms. The van der Waals surface area contributed by atoms with Crippen LogP contribution in [0.5, 0.6) is 0 Å². The summed E-state index contributed by atoms with van der Waals surface area (Å²) in [6.07, 6.45) is 4.11. The van der Waals surface area contributed by atoms with E-state index in [1.54, 1.807) is 0 Å². The van der Waals surface area contributed by atoms with Gasteiger partial charge in [-0.3, -0.25) is 0 Å². The summed E-state index contributed by atoms with van der Waals surface area (Å²) in [5.41, 5.74) is 1.93. The first kappa shape index (κ1) is 7.76. The second-order valence-electron chi connectivity index (χ2n) is 5.04. The fourth-order valence-electron chi connectivity index (χ4n) is 4.25. The number of hydrogen-bond acceptors (Lipinski definition) is 0. The second-order valence-corrected chi connectivity index (χ2v) is 5.66. The lowest BCUT2D eigenvalue weighted by Crippen LogP contribution is -2.21. The van der Waals surface area contributed by atoms with Crippen LogP contribution in [0.25, 0.3) is 0 Å². The quantitative estimate of drug-likeness (QED) is 0.616. The van der Waals surface area contributed by atoms with E-state index < -0.39 is 0 Å². The smallest absolute Gasteiger partial charge is 0.0624 e. The molecule has 0 aromatic heterocycles. The third-order valence-electron chi connectivity index (χ3n) is 4.82. The van der Waals surface area contributed by atoms with Crippen molar-refractivity contribution in [2.45, 2.75) is 29.6 Å². The van der Waals surface area contributed by atoms with Gasteiger partial charge in [-0.25, -0.2) is 0 Å². The van der Waals surface area contributed by atoms with E-state index in [4.69, 9.17) is 11.6 Å². The molecule has 3 aliphatic carbocycles. The minimum Gasteiger partial charge on any atom is -0.118 e. The molecule has 2 atom stereocenters. The Bertz CT molecular complexity index is 383. The summed E-state index contributed by atoms with van der Waals surface area (Å²) in [4.78, 5) is 0.201. The van der Waals surface area contributed by atoms with Gasteiger partial charge in [-0.1, -0.05) is 36.8 Å². The van der Waals surface area contributed by atoms with E-state index in [9.17, 15) is 0 Å². The van der Waals surface area contributed by atoms with Crippen LogP contribution in [0.4, 0.5) is 0 Å². The zero-order valence-electron chi connectivity index (χ0n) is 8.04. The maximum absolute atomic E-state index is 6.67. The van der Waals surface area contributed by atoms with Crippen LogP contribution in [0.1, 0.15) is 24.8 Å². The van der Waals surface area contributed by atoms with Gasteiger partial charge >= 0.3 is 0 Å². The van der Waals surface area contributed by atoms with Gasteiger partial charge in [0.25, 0.3) is 0 Å². The predicted octanol–water partition coefficient (Wildman–Crippen LogP) is 3.35. The Morgan fingerprint density at radius 1 is 1.07 bits per heavy atom. The van der Waals surface area contributed by atoms with E-state index in [0.717, 1.165) is 11.8 Å². The van der Waals surface area contributed by atoms with E-state index in [2.05, 4.69) is 30.3 Å². The molecular formula is C13H13Cl. The highest BCUT2D eigenvalue weighted by atomic mass is 35.5. The van der Waals surface area contributed by atoms with Gasteiger partial charge in [0.15, 0.2) is 0 Å². The molecule has 0 bridgehead atoms. The number of halogens is 1. The third kappa shape index (κ3) is 0.540. The second kappa shape index (κ2) is 2.04. The summed E-state index contributed by atoms with van der Waals surface area (Å²) in [5.74, 6) is 1.61. The highest BCUT2D eigenvalue weighted by Crippen LogP contribution is 2.93. The lowest BCUT2D eigenvalue weighted by Gasteiger charge is -2.26. The largest absolute Gasteiger partial charge is 0.118 e. The standard InChI is InChI=1S/C13H13Cl/c14-13-10-7-4-8-11(13)12(10,13)9-5-2-1-3-6-9/h1-3,5-6,10-11H,4,7-8H2. The molecule has 3 fully saturated rings. The zero-order valence-corrected chi connectivity index (χ0v) is 8.80. The van der Waals surface area contributed by atoms with Crippen LogP contribution in [-0.4, -0.2) is 4.87 Å². The highest BCUT2D eigenvalue weighted by molar-refractivity contribution is 6.32. The summed E-state index contributed by atoms with van der Waals surface area (Å²) in [7, 11) is 0. The van der Waals surface area contributed by atoms with Crippen molar-refractivity contribution in [2.24, 2.45) is 11.8 Å². The Kier molecular flexibility index (Phi) is 1.13. The molecule has 4 rings (SSSR count). The van der Waals surface area contributed by atoms with Crippen molar-refractivity contribution < 1.29 is 0 Å². The SMILES string of the molecule is ClC12C3CCCC1C32c1ccccc1. The molecule has 3 saturated carbocycles. The van der Waals surface area contributed by atoms with Gasteiger partial charge in [0, 0.05) is 5.41 Å². The fraction of sp³-hybridized carbons (Fsp3) is 0.538. The minimum atomic E-state index is 0.201. The van der Waals surface area contributed by atoms with E-state index in [1.807, 2.05) is 0 Å². The van der Waals surface area contributed by atoms with E-state index in [1.165, 1.54) is 24.8 Å². The molecule has 0 saturated heterocycles. The van der Waals surface area contributed by atoms with Crippen molar-refractivity contribution in [1.29, 1.82) is 0 Å². The van der Waals surface area contributed by atoms with Crippen LogP contribution in [0.2, 0.25) is 0 Å². The molecule has 0 radical (unpaired) electrons.